The molecule has 0 bridgehead atoms. The van der Waals surface area contributed by atoms with Crippen molar-refractivity contribution in [1.82, 2.24) is 0 Å². The molecule has 0 heterocycles. The van der Waals surface area contributed by atoms with E-state index in [1.54, 1.807) is 0 Å². The maximum atomic E-state index is 13.9. The Bertz CT molecular complexity index is 416. The fraction of sp³-hybridized carbons (Fsp3) is 0.500. The molecule has 1 aromatic carbocycles. The zero-order valence-corrected chi connectivity index (χ0v) is 9.85. The minimum atomic E-state index is -0.692. The number of benzene rings is 1. The molecule has 0 atom stereocenters. The molecular formula is C12H15F2NO2. The Hall–Kier alpha value is -1.36. The number of hydrogen-bond donors (Lipinski definition) is 1. The maximum absolute atomic E-state index is 13.9. The maximum Gasteiger partial charge on any atom is 0.171 e. The van der Waals surface area contributed by atoms with Crippen molar-refractivity contribution in [2.24, 2.45) is 5.73 Å². The van der Waals surface area contributed by atoms with Gasteiger partial charge in [-0.25, -0.2) is 8.78 Å². The Morgan fingerprint density at radius 1 is 1.18 bits per heavy atom. The fourth-order valence-corrected chi connectivity index (χ4v) is 1.78. The highest BCUT2D eigenvalue weighted by atomic mass is 19.1. The molecule has 2 N–H and O–H groups in total. The first-order valence-corrected chi connectivity index (χ1v) is 5.38. The monoisotopic (exact) mass is 243 g/mol. The average molecular weight is 243 g/mol. The summed E-state index contributed by atoms with van der Waals surface area (Å²) in [5.41, 5.74) is 5.36. The van der Waals surface area contributed by atoms with Crippen LogP contribution in [0.1, 0.15) is 18.4 Å². The molecule has 0 aliphatic heterocycles. The molecule has 0 aromatic heterocycles. The lowest BCUT2D eigenvalue weighted by Gasteiger charge is -2.15. The summed E-state index contributed by atoms with van der Waals surface area (Å²) in [6.45, 7) is 0. The highest BCUT2D eigenvalue weighted by molar-refractivity contribution is 5.43. The predicted octanol–water partition coefficient (Wildman–Crippen LogP) is 2.02. The van der Waals surface area contributed by atoms with E-state index in [-0.39, 0.29) is 23.5 Å². The summed E-state index contributed by atoms with van der Waals surface area (Å²) in [5.74, 6) is -1.44. The Morgan fingerprint density at radius 2 is 1.65 bits per heavy atom. The molecule has 1 aromatic rings. The van der Waals surface area contributed by atoms with Crippen LogP contribution >= 0.6 is 0 Å². The van der Waals surface area contributed by atoms with Gasteiger partial charge in [0.25, 0.3) is 0 Å². The van der Waals surface area contributed by atoms with Crippen molar-refractivity contribution in [1.29, 1.82) is 0 Å². The molecule has 3 nitrogen and oxygen atoms in total. The molecule has 1 saturated carbocycles. The van der Waals surface area contributed by atoms with E-state index in [0.717, 1.165) is 12.8 Å². The highest BCUT2D eigenvalue weighted by Crippen LogP contribution is 2.40. The summed E-state index contributed by atoms with van der Waals surface area (Å²) in [4.78, 5) is 0. The van der Waals surface area contributed by atoms with Crippen LogP contribution in [0.3, 0.4) is 0 Å². The summed E-state index contributed by atoms with van der Waals surface area (Å²) >= 11 is 0. The number of nitrogens with two attached hydrogens (primary N) is 1. The molecule has 1 aliphatic carbocycles. The van der Waals surface area contributed by atoms with Gasteiger partial charge in [0.05, 0.1) is 14.2 Å². The van der Waals surface area contributed by atoms with Gasteiger partial charge in [-0.15, -0.1) is 0 Å². The lowest BCUT2D eigenvalue weighted by molar-refractivity contribution is 0.351. The van der Waals surface area contributed by atoms with Crippen molar-refractivity contribution in [2.45, 2.75) is 24.8 Å². The number of methoxy groups -OCH3 is 2. The quantitative estimate of drug-likeness (QED) is 0.879. The van der Waals surface area contributed by atoms with Crippen LogP contribution in [0.5, 0.6) is 11.5 Å². The zero-order valence-electron chi connectivity index (χ0n) is 9.85. The zero-order chi connectivity index (χ0) is 12.6. The Morgan fingerprint density at radius 3 is 2.00 bits per heavy atom. The van der Waals surface area contributed by atoms with E-state index in [0.29, 0.717) is 0 Å². The third-order valence-corrected chi connectivity index (χ3v) is 3.09. The van der Waals surface area contributed by atoms with Gasteiger partial charge >= 0.3 is 0 Å². The van der Waals surface area contributed by atoms with Gasteiger partial charge in [0.1, 0.15) is 0 Å². The minimum absolute atomic E-state index is 0.0255. The van der Waals surface area contributed by atoms with E-state index < -0.39 is 17.2 Å². The standard InChI is InChI=1S/C12H15F2NO2/c1-16-8-5-9(17-2)11(14)7(10(8)13)6-12(15)3-4-12/h5H,3-4,6,15H2,1-2H3. The van der Waals surface area contributed by atoms with E-state index >= 15 is 0 Å². The van der Waals surface area contributed by atoms with Crippen molar-refractivity contribution < 1.29 is 18.3 Å². The Balaban J connectivity index is 2.46. The molecule has 0 spiro atoms. The van der Waals surface area contributed by atoms with Crippen molar-refractivity contribution in [3.63, 3.8) is 0 Å². The van der Waals surface area contributed by atoms with Crippen LogP contribution < -0.4 is 15.2 Å². The predicted molar refractivity (Wildman–Crippen MR) is 59.3 cm³/mol. The molecule has 1 fully saturated rings. The first kappa shape index (κ1) is 12.1. The lowest BCUT2D eigenvalue weighted by Crippen LogP contribution is -2.26. The molecular weight excluding hydrogens is 228 g/mol. The molecule has 17 heavy (non-hydrogen) atoms. The van der Waals surface area contributed by atoms with Crippen LogP contribution in [0.15, 0.2) is 6.07 Å². The van der Waals surface area contributed by atoms with E-state index in [1.165, 1.54) is 20.3 Å². The van der Waals surface area contributed by atoms with E-state index in [2.05, 4.69) is 0 Å². The van der Waals surface area contributed by atoms with Crippen molar-refractivity contribution in [3.8, 4) is 11.5 Å². The molecule has 1 aliphatic rings. The summed E-state index contributed by atoms with van der Waals surface area (Å²) < 4.78 is 37.6. The third-order valence-electron chi connectivity index (χ3n) is 3.09. The summed E-state index contributed by atoms with van der Waals surface area (Å²) in [6, 6.07) is 1.20. The topological polar surface area (TPSA) is 44.5 Å². The highest BCUT2D eigenvalue weighted by Gasteiger charge is 2.40. The second-order valence-electron chi connectivity index (χ2n) is 4.43. The van der Waals surface area contributed by atoms with Gasteiger partial charge in [0.2, 0.25) is 0 Å². The second-order valence-corrected chi connectivity index (χ2v) is 4.43. The van der Waals surface area contributed by atoms with Gasteiger partial charge in [-0.1, -0.05) is 0 Å². The van der Waals surface area contributed by atoms with E-state index in [9.17, 15) is 8.78 Å². The molecule has 0 radical (unpaired) electrons. The molecule has 5 heteroatoms. The van der Waals surface area contributed by atoms with Crippen molar-refractivity contribution >= 4 is 0 Å². The average Bonchev–Trinajstić information content (AvgIpc) is 3.03. The summed E-state index contributed by atoms with van der Waals surface area (Å²) in [6.07, 6.45) is 1.73. The van der Waals surface area contributed by atoms with E-state index in [4.69, 9.17) is 15.2 Å². The molecule has 2 rings (SSSR count). The van der Waals surface area contributed by atoms with Gasteiger partial charge < -0.3 is 15.2 Å². The number of ether oxygens (including phenoxy) is 2. The Labute approximate surface area is 98.5 Å². The Kier molecular flexibility index (Phi) is 2.95. The van der Waals surface area contributed by atoms with Crippen molar-refractivity contribution in [2.75, 3.05) is 14.2 Å². The SMILES string of the molecule is COc1cc(OC)c(F)c(CC2(N)CC2)c1F. The van der Waals surface area contributed by atoms with Gasteiger partial charge in [-0.05, 0) is 19.3 Å². The molecule has 0 unspecified atom stereocenters. The number of hydrogen-bond acceptors (Lipinski definition) is 3. The smallest absolute Gasteiger partial charge is 0.171 e. The van der Waals surface area contributed by atoms with Gasteiger partial charge in [-0.3, -0.25) is 0 Å². The van der Waals surface area contributed by atoms with Crippen LogP contribution in [0, 0.1) is 11.6 Å². The van der Waals surface area contributed by atoms with Crippen LogP contribution in [0.25, 0.3) is 0 Å². The first-order valence-electron chi connectivity index (χ1n) is 5.38. The van der Waals surface area contributed by atoms with Gasteiger partial charge in [0.15, 0.2) is 23.1 Å². The van der Waals surface area contributed by atoms with E-state index in [1.807, 2.05) is 0 Å². The third kappa shape index (κ3) is 2.20. The number of rotatable bonds is 4. The second kappa shape index (κ2) is 4.14. The summed E-state index contributed by atoms with van der Waals surface area (Å²) in [5, 5.41) is 0. The number of halogens is 2. The van der Waals surface area contributed by atoms with Gasteiger partial charge in [-0.2, -0.15) is 0 Å². The fourth-order valence-electron chi connectivity index (χ4n) is 1.78. The molecule has 0 saturated heterocycles. The summed E-state index contributed by atoms with van der Waals surface area (Å²) in [7, 11) is 2.66. The van der Waals surface area contributed by atoms with Gasteiger partial charge in [0, 0.05) is 17.2 Å². The minimum Gasteiger partial charge on any atom is -0.494 e. The van der Waals surface area contributed by atoms with Crippen molar-refractivity contribution in [3.05, 3.63) is 23.3 Å². The largest absolute Gasteiger partial charge is 0.494 e. The van der Waals surface area contributed by atoms with Crippen LogP contribution in [-0.4, -0.2) is 19.8 Å². The molecule has 94 valence electrons. The first-order chi connectivity index (χ1) is 8.00. The lowest BCUT2D eigenvalue weighted by atomic mass is 10.0. The van der Waals surface area contributed by atoms with Crippen LogP contribution in [0.2, 0.25) is 0 Å². The normalized spacial score (nSPS) is 16.8. The molecule has 0 amide bonds. The van der Waals surface area contributed by atoms with Crippen LogP contribution in [-0.2, 0) is 6.42 Å². The van der Waals surface area contributed by atoms with Crippen LogP contribution in [0.4, 0.5) is 8.78 Å².